The minimum Gasteiger partial charge on any atom is -0.480 e. The molecule has 1 heterocycles. The van der Waals surface area contributed by atoms with Gasteiger partial charge in [0, 0.05) is 12.1 Å². The first-order chi connectivity index (χ1) is 10.1. The van der Waals surface area contributed by atoms with Crippen molar-refractivity contribution in [2.24, 2.45) is 0 Å². The van der Waals surface area contributed by atoms with Crippen LogP contribution in [0.3, 0.4) is 0 Å². The molecule has 2 rings (SSSR count). The Hall–Kier alpha value is -1.43. The summed E-state index contributed by atoms with van der Waals surface area (Å²) in [7, 11) is 1.87. The normalized spacial score (nSPS) is 23.4. The van der Waals surface area contributed by atoms with E-state index in [0.29, 0.717) is 12.1 Å². The molecule has 3 atom stereocenters. The van der Waals surface area contributed by atoms with E-state index in [1.165, 1.54) is 5.56 Å². The number of benzene rings is 1. The molecule has 0 spiro atoms. The Labute approximate surface area is 126 Å². The second-order valence-electron chi connectivity index (χ2n) is 5.82. The lowest BCUT2D eigenvalue weighted by Crippen LogP contribution is -2.37. The number of hydrogen-bond acceptors (Lipinski definition) is 4. The summed E-state index contributed by atoms with van der Waals surface area (Å²) in [6, 6.07) is 10.8. The summed E-state index contributed by atoms with van der Waals surface area (Å²) in [5.74, 6) is -0.762. The Morgan fingerprint density at radius 1 is 1.38 bits per heavy atom. The van der Waals surface area contributed by atoms with Gasteiger partial charge in [-0.3, -0.25) is 20.5 Å². The highest BCUT2D eigenvalue weighted by molar-refractivity contribution is 5.72. The topological polar surface area (TPSA) is 64.6 Å². The smallest absolute Gasteiger partial charge is 0.320 e. The van der Waals surface area contributed by atoms with Gasteiger partial charge < -0.3 is 5.11 Å². The molecule has 1 aromatic rings. The summed E-state index contributed by atoms with van der Waals surface area (Å²) >= 11 is 0. The highest BCUT2D eigenvalue weighted by atomic mass is 16.4. The predicted octanol–water partition coefficient (Wildman–Crippen LogP) is 1.78. The van der Waals surface area contributed by atoms with E-state index in [-0.39, 0.29) is 0 Å². The second-order valence-corrected chi connectivity index (χ2v) is 5.82. The van der Waals surface area contributed by atoms with E-state index in [9.17, 15) is 4.79 Å². The molecule has 1 fully saturated rings. The van der Waals surface area contributed by atoms with Crippen molar-refractivity contribution in [3.8, 4) is 0 Å². The molecule has 1 saturated heterocycles. The van der Waals surface area contributed by atoms with Crippen LogP contribution in [0.25, 0.3) is 0 Å². The summed E-state index contributed by atoms with van der Waals surface area (Å²) in [5.41, 5.74) is 8.00. The van der Waals surface area contributed by atoms with Gasteiger partial charge in [-0.05, 0) is 45.3 Å². The zero-order valence-electron chi connectivity index (χ0n) is 12.7. The van der Waals surface area contributed by atoms with E-state index < -0.39 is 12.0 Å². The van der Waals surface area contributed by atoms with E-state index in [2.05, 4.69) is 35.1 Å². The fourth-order valence-electron chi connectivity index (χ4n) is 2.68. The maximum atomic E-state index is 10.9. The van der Waals surface area contributed by atoms with Gasteiger partial charge in [-0.15, -0.1) is 0 Å². The summed E-state index contributed by atoms with van der Waals surface area (Å²) in [5, 5.41) is 8.96. The molecule has 0 aliphatic carbocycles. The van der Waals surface area contributed by atoms with E-state index in [1.54, 1.807) is 6.92 Å². The molecule has 1 aromatic carbocycles. The molecular weight excluding hydrogens is 266 g/mol. The third-order valence-corrected chi connectivity index (χ3v) is 4.27. The summed E-state index contributed by atoms with van der Waals surface area (Å²) in [6.07, 6.45) is 3.12. The van der Waals surface area contributed by atoms with Crippen LogP contribution in [0.15, 0.2) is 30.3 Å². The van der Waals surface area contributed by atoms with Crippen LogP contribution in [0, 0.1) is 0 Å². The fraction of sp³-hybridized carbons (Fsp3) is 0.562. The number of hydrogen-bond donors (Lipinski definition) is 3. The molecule has 5 heteroatoms. The third-order valence-electron chi connectivity index (χ3n) is 4.27. The Kier molecular flexibility index (Phi) is 5.73. The Morgan fingerprint density at radius 2 is 2.10 bits per heavy atom. The quantitative estimate of drug-likeness (QED) is 0.715. The zero-order valence-corrected chi connectivity index (χ0v) is 12.7. The lowest BCUT2D eigenvalue weighted by atomic mass is 10.00. The van der Waals surface area contributed by atoms with Crippen molar-refractivity contribution < 1.29 is 9.90 Å². The van der Waals surface area contributed by atoms with Crippen molar-refractivity contribution in [2.45, 2.75) is 44.3 Å². The number of nitrogens with zero attached hydrogens (tertiary/aromatic N) is 1. The van der Waals surface area contributed by atoms with Crippen LogP contribution in [0.1, 0.15) is 37.8 Å². The summed E-state index contributed by atoms with van der Waals surface area (Å²) in [6.45, 7) is 2.53. The SMILES string of the molecule is CC(C(=O)O)N(C)CCCC1CC(c2ccccc2)NN1. The molecule has 0 amide bonds. The summed E-state index contributed by atoms with van der Waals surface area (Å²) < 4.78 is 0. The number of carboxylic acid groups (broad SMARTS) is 1. The van der Waals surface area contributed by atoms with Crippen molar-refractivity contribution in [3.05, 3.63) is 35.9 Å². The molecule has 5 nitrogen and oxygen atoms in total. The van der Waals surface area contributed by atoms with Crippen LogP contribution in [0.4, 0.5) is 0 Å². The molecule has 1 aliphatic heterocycles. The number of hydrazine groups is 1. The van der Waals surface area contributed by atoms with Crippen LogP contribution < -0.4 is 10.9 Å². The van der Waals surface area contributed by atoms with Crippen LogP contribution in [0.2, 0.25) is 0 Å². The third kappa shape index (κ3) is 4.52. The van der Waals surface area contributed by atoms with Crippen LogP contribution in [-0.4, -0.2) is 41.7 Å². The largest absolute Gasteiger partial charge is 0.480 e. The van der Waals surface area contributed by atoms with E-state index in [1.807, 2.05) is 18.0 Å². The predicted molar refractivity (Wildman–Crippen MR) is 82.8 cm³/mol. The van der Waals surface area contributed by atoms with Gasteiger partial charge in [-0.25, -0.2) is 0 Å². The first-order valence-electron chi connectivity index (χ1n) is 7.57. The van der Waals surface area contributed by atoms with Gasteiger partial charge in [0.1, 0.15) is 6.04 Å². The van der Waals surface area contributed by atoms with Gasteiger partial charge in [-0.2, -0.15) is 0 Å². The number of rotatable bonds is 7. The molecule has 0 aromatic heterocycles. The van der Waals surface area contributed by atoms with E-state index in [0.717, 1.165) is 25.8 Å². The van der Waals surface area contributed by atoms with E-state index >= 15 is 0 Å². The molecule has 0 bridgehead atoms. The lowest BCUT2D eigenvalue weighted by molar-refractivity contribution is -0.142. The molecule has 1 aliphatic rings. The number of carbonyl (C=O) groups is 1. The van der Waals surface area contributed by atoms with Gasteiger partial charge in [0.25, 0.3) is 0 Å². The average Bonchev–Trinajstić information content (AvgIpc) is 2.96. The lowest BCUT2D eigenvalue weighted by Gasteiger charge is -2.21. The first kappa shape index (κ1) is 15.9. The Morgan fingerprint density at radius 3 is 2.76 bits per heavy atom. The minimum atomic E-state index is -0.762. The molecule has 0 radical (unpaired) electrons. The standard InChI is InChI=1S/C16H25N3O2/c1-12(16(20)21)19(2)10-6-9-14-11-15(18-17-14)13-7-4-3-5-8-13/h3-5,7-8,12,14-15,17-18H,6,9-11H2,1-2H3,(H,20,21). The number of aliphatic carboxylic acids is 1. The average molecular weight is 291 g/mol. The van der Waals surface area contributed by atoms with Gasteiger partial charge in [0.2, 0.25) is 0 Å². The fourth-order valence-corrected chi connectivity index (χ4v) is 2.68. The van der Waals surface area contributed by atoms with Crippen LogP contribution >= 0.6 is 0 Å². The van der Waals surface area contributed by atoms with E-state index in [4.69, 9.17) is 5.11 Å². The van der Waals surface area contributed by atoms with Crippen LogP contribution in [0.5, 0.6) is 0 Å². The Balaban J connectivity index is 1.70. The van der Waals surface area contributed by atoms with Crippen LogP contribution in [-0.2, 0) is 4.79 Å². The molecule has 0 saturated carbocycles. The van der Waals surface area contributed by atoms with Crippen molar-refractivity contribution in [1.29, 1.82) is 0 Å². The zero-order chi connectivity index (χ0) is 15.2. The minimum absolute atomic E-state index is 0.367. The molecule has 116 valence electrons. The molecule has 21 heavy (non-hydrogen) atoms. The second kappa shape index (κ2) is 7.54. The van der Waals surface area contributed by atoms with Crippen molar-refractivity contribution >= 4 is 5.97 Å². The van der Waals surface area contributed by atoms with Crippen molar-refractivity contribution in [2.75, 3.05) is 13.6 Å². The molecule has 3 unspecified atom stereocenters. The maximum Gasteiger partial charge on any atom is 0.320 e. The monoisotopic (exact) mass is 291 g/mol. The van der Waals surface area contributed by atoms with Gasteiger partial charge in [0.15, 0.2) is 0 Å². The van der Waals surface area contributed by atoms with Gasteiger partial charge in [-0.1, -0.05) is 30.3 Å². The molecular formula is C16H25N3O2. The molecule has 3 N–H and O–H groups in total. The number of nitrogens with one attached hydrogen (secondary N) is 2. The highest BCUT2D eigenvalue weighted by Gasteiger charge is 2.24. The Bertz CT molecular complexity index is 452. The first-order valence-corrected chi connectivity index (χ1v) is 7.57. The van der Waals surface area contributed by atoms with Crippen molar-refractivity contribution in [3.63, 3.8) is 0 Å². The van der Waals surface area contributed by atoms with Gasteiger partial charge in [0.05, 0.1) is 0 Å². The number of likely N-dealkylation sites (N-methyl/N-ethyl adjacent to an activating group) is 1. The number of carboxylic acids is 1. The van der Waals surface area contributed by atoms with Crippen molar-refractivity contribution in [1.82, 2.24) is 15.8 Å². The maximum absolute atomic E-state index is 10.9. The highest BCUT2D eigenvalue weighted by Crippen LogP contribution is 2.23. The van der Waals surface area contributed by atoms with Gasteiger partial charge >= 0.3 is 5.97 Å². The summed E-state index contributed by atoms with van der Waals surface area (Å²) in [4.78, 5) is 12.8.